The fraction of sp³-hybridized carbons (Fsp3) is 0.500. The highest BCUT2D eigenvalue weighted by atomic mass is 19.1. The monoisotopic (exact) mass is 95.0 g/mol. The van der Waals surface area contributed by atoms with E-state index >= 15 is 0 Å². The van der Waals surface area contributed by atoms with Crippen molar-refractivity contribution in [2.24, 2.45) is 5.73 Å². The fourth-order valence-electron chi connectivity index (χ4n) is 0. The van der Waals surface area contributed by atoms with Crippen molar-refractivity contribution in [3.05, 3.63) is 0 Å². The lowest BCUT2D eigenvalue weighted by atomic mass is 10.7. The standard InChI is InChI=1S/C2H4FNO.H2O/c3-1-2(4)5;/h1H2,(H2,4,5);1H2. The number of amides is 1. The Hall–Kier alpha value is -0.640. The topological polar surface area (TPSA) is 74.6 Å². The highest BCUT2D eigenvalue weighted by Gasteiger charge is 1.81. The summed E-state index contributed by atoms with van der Waals surface area (Å²) in [5.41, 5.74) is 4.28. The van der Waals surface area contributed by atoms with Crippen LogP contribution < -0.4 is 5.73 Å². The molecule has 0 rings (SSSR count). The van der Waals surface area contributed by atoms with Crippen LogP contribution in [0.15, 0.2) is 0 Å². The van der Waals surface area contributed by atoms with Crippen LogP contribution in [0.5, 0.6) is 0 Å². The molecule has 0 saturated heterocycles. The maximum atomic E-state index is 10.6. The van der Waals surface area contributed by atoms with Crippen LogP contribution in [0.25, 0.3) is 0 Å². The number of hydrogen-bond acceptors (Lipinski definition) is 1. The number of carbonyl (C=O) groups excluding carboxylic acids is 1. The zero-order chi connectivity index (χ0) is 4.28. The second-order valence-electron chi connectivity index (χ2n) is 0.600. The van der Waals surface area contributed by atoms with Crippen LogP contribution in [-0.2, 0) is 4.79 Å². The molecular formula is C2H6FNO2. The zero-order valence-electron chi connectivity index (χ0n) is 3.07. The van der Waals surface area contributed by atoms with E-state index in [1.165, 1.54) is 0 Å². The molecule has 0 spiro atoms. The number of carbonyl (C=O) groups is 1. The molecule has 3 nitrogen and oxygen atoms in total. The normalized spacial score (nSPS) is 6.17. The number of rotatable bonds is 1. The van der Waals surface area contributed by atoms with Crippen LogP contribution in [0.2, 0.25) is 0 Å². The van der Waals surface area contributed by atoms with E-state index in [4.69, 9.17) is 0 Å². The van der Waals surface area contributed by atoms with Crippen molar-refractivity contribution in [1.82, 2.24) is 0 Å². The summed E-state index contributed by atoms with van der Waals surface area (Å²) in [4.78, 5) is 9.22. The van der Waals surface area contributed by atoms with Crippen molar-refractivity contribution in [2.75, 3.05) is 6.67 Å². The first-order valence-corrected chi connectivity index (χ1v) is 1.11. The van der Waals surface area contributed by atoms with Crippen molar-refractivity contribution in [1.29, 1.82) is 0 Å². The van der Waals surface area contributed by atoms with E-state index in [2.05, 4.69) is 5.73 Å². The summed E-state index contributed by atoms with van der Waals surface area (Å²) in [5, 5.41) is 0. The van der Waals surface area contributed by atoms with Gasteiger partial charge in [-0.2, -0.15) is 0 Å². The SMILES string of the molecule is NC(=O)CF.O. The maximum absolute atomic E-state index is 10.6. The molecule has 0 aliphatic heterocycles. The first-order chi connectivity index (χ1) is 2.27. The lowest BCUT2D eigenvalue weighted by Crippen LogP contribution is -2.11. The summed E-state index contributed by atoms with van der Waals surface area (Å²) in [6.45, 7) is -1.06. The Morgan fingerprint density at radius 1 is 1.83 bits per heavy atom. The Kier molecular flexibility index (Phi) is 6.56. The molecule has 0 aliphatic carbocycles. The molecule has 0 fully saturated rings. The first-order valence-electron chi connectivity index (χ1n) is 1.11. The number of alkyl halides is 1. The average Bonchev–Trinajstić information content (AvgIpc) is 1.38. The highest BCUT2D eigenvalue weighted by Crippen LogP contribution is 1.55. The minimum Gasteiger partial charge on any atom is -0.412 e. The molecule has 6 heavy (non-hydrogen) atoms. The van der Waals surface area contributed by atoms with Crippen LogP contribution in [0.3, 0.4) is 0 Å². The second kappa shape index (κ2) is 4.36. The van der Waals surface area contributed by atoms with E-state index in [1.807, 2.05) is 0 Å². The van der Waals surface area contributed by atoms with Gasteiger partial charge in [-0.3, -0.25) is 4.79 Å². The summed E-state index contributed by atoms with van der Waals surface area (Å²) >= 11 is 0. The van der Waals surface area contributed by atoms with Gasteiger partial charge in [0.2, 0.25) is 5.91 Å². The third-order valence-electron chi connectivity index (χ3n) is 0.132. The van der Waals surface area contributed by atoms with E-state index in [9.17, 15) is 9.18 Å². The minimum absolute atomic E-state index is 0. The largest absolute Gasteiger partial charge is 0.412 e. The highest BCUT2D eigenvalue weighted by molar-refractivity contribution is 5.74. The Morgan fingerprint density at radius 2 is 2.00 bits per heavy atom. The van der Waals surface area contributed by atoms with E-state index in [0.717, 1.165) is 0 Å². The maximum Gasteiger partial charge on any atom is 0.248 e. The Morgan fingerprint density at radius 3 is 2.00 bits per heavy atom. The van der Waals surface area contributed by atoms with Crippen molar-refractivity contribution in [3.63, 3.8) is 0 Å². The van der Waals surface area contributed by atoms with E-state index in [0.29, 0.717) is 0 Å². The number of hydrogen-bond donors (Lipinski definition) is 1. The van der Waals surface area contributed by atoms with Gasteiger partial charge < -0.3 is 11.2 Å². The Bertz CT molecular complexity index is 46.8. The molecule has 0 aliphatic rings. The number of nitrogens with two attached hydrogens (primary N) is 1. The molecule has 0 unspecified atom stereocenters. The van der Waals surface area contributed by atoms with E-state index in [-0.39, 0.29) is 5.48 Å². The molecule has 4 N–H and O–H groups in total. The van der Waals surface area contributed by atoms with Gasteiger partial charge in [0.15, 0.2) is 6.67 Å². The van der Waals surface area contributed by atoms with Crippen LogP contribution in [0.4, 0.5) is 4.39 Å². The molecule has 0 heterocycles. The van der Waals surface area contributed by atoms with Gasteiger partial charge in [-0.25, -0.2) is 4.39 Å². The molecule has 0 bridgehead atoms. The van der Waals surface area contributed by atoms with Gasteiger partial charge in [0, 0.05) is 0 Å². The Labute approximate surface area is 34.3 Å². The lowest BCUT2D eigenvalue weighted by molar-refractivity contribution is -0.118. The van der Waals surface area contributed by atoms with Crippen LogP contribution in [0.1, 0.15) is 0 Å². The molecule has 0 aromatic heterocycles. The zero-order valence-corrected chi connectivity index (χ0v) is 3.07. The van der Waals surface area contributed by atoms with Gasteiger partial charge in [-0.1, -0.05) is 0 Å². The molecule has 38 valence electrons. The van der Waals surface area contributed by atoms with Crippen molar-refractivity contribution in [3.8, 4) is 0 Å². The summed E-state index contributed by atoms with van der Waals surface area (Å²) in [6, 6.07) is 0. The van der Waals surface area contributed by atoms with Gasteiger partial charge in [-0.15, -0.1) is 0 Å². The molecule has 0 saturated carbocycles. The molecule has 0 aromatic carbocycles. The predicted molar refractivity (Wildman–Crippen MR) is 18.8 cm³/mol. The van der Waals surface area contributed by atoms with Crippen molar-refractivity contribution in [2.45, 2.75) is 0 Å². The van der Waals surface area contributed by atoms with Gasteiger partial charge in [-0.05, 0) is 0 Å². The van der Waals surface area contributed by atoms with Crippen molar-refractivity contribution < 1.29 is 14.7 Å². The predicted octanol–water partition coefficient (Wildman–Crippen LogP) is -1.38. The molecule has 1 amide bonds. The molecule has 0 atom stereocenters. The first kappa shape index (κ1) is 9.03. The minimum atomic E-state index is -1.06. The molecule has 0 radical (unpaired) electrons. The summed E-state index contributed by atoms with van der Waals surface area (Å²) in [7, 11) is 0. The summed E-state index contributed by atoms with van der Waals surface area (Å²) in [6.07, 6.45) is 0. The summed E-state index contributed by atoms with van der Waals surface area (Å²) in [5.74, 6) is -0.912. The van der Waals surface area contributed by atoms with Gasteiger partial charge >= 0.3 is 0 Å². The molecule has 4 heteroatoms. The Balaban J connectivity index is 0. The fourth-order valence-corrected chi connectivity index (χ4v) is 0. The van der Waals surface area contributed by atoms with Gasteiger partial charge in [0.25, 0.3) is 0 Å². The third kappa shape index (κ3) is 10.1. The smallest absolute Gasteiger partial charge is 0.248 e. The number of halogens is 1. The van der Waals surface area contributed by atoms with E-state index < -0.39 is 12.6 Å². The number of primary amides is 1. The van der Waals surface area contributed by atoms with Gasteiger partial charge in [0.05, 0.1) is 0 Å². The van der Waals surface area contributed by atoms with E-state index in [1.54, 1.807) is 0 Å². The third-order valence-corrected chi connectivity index (χ3v) is 0.132. The second-order valence-corrected chi connectivity index (χ2v) is 0.600. The quantitative estimate of drug-likeness (QED) is 0.428. The molecule has 0 aromatic rings. The molecular weight excluding hydrogens is 89.0 g/mol. The van der Waals surface area contributed by atoms with Gasteiger partial charge in [0.1, 0.15) is 0 Å². The average molecular weight is 95.1 g/mol. The van der Waals surface area contributed by atoms with Crippen LogP contribution >= 0.6 is 0 Å². The summed E-state index contributed by atoms with van der Waals surface area (Å²) < 4.78 is 10.6. The van der Waals surface area contributed by atoms with Crippen molar-refractivity contribution >= 4 is 5.91 Å². The van der Waals surface area contributed by atoms with Crippen LogP contribution in [-0.4, -0.2) is 18.1 Å². The lowest BCUT2D eigenvalue weighted by Gasteiger charge is -1.70. The van der Waals surface area contributed by atoms with Crippen LogP contribution in [0, 0.1) is 0 Å².